The summed E-state index contributed by atoms with van der Waals surface area (Å²) in [5.74, 6) is -1.37. The molecule has 0 aliphatic carbocycles. The third-order valence-corrected chi connectivity index (χ3v) is 3.49. The second-order valence-electron chi connectivity index (χ2n) is 5.18. The second kappa shape index (κ2) is 8.24. The number of benzene rings is 2. The lowest BCUT2D eigenvalue weighted by Gasteiger charge is -2.05. The van der Waals surface area contributed by atoms with E-state index in [1.54, 1.807) is 36.4 Å². The molecule has 1 heterocycles. The van der Waals surface area contributed by atoms with Gasteiger partial charge >= 0.3 is 0 Å². The van der Waals surface area contributed by atoms with Gasteiger partial charge < -0.3 is 9.84 Å². The van der Waals surface area contributed by atoms with Gasteiger partial charge in [0.05, 0.1) is 18.0 Å². The number of hydrogen-bond acceptors (Lipinski definition) is 6. The molecule has 0 saturated carbocycles. The van der Waals surface area contributed by atoms with Gasteiger partial charge in [-0.05, 0) is 53.6 Å². The molecular formula is C18H12ClFN4O3. The van der Waals surface area contributed by atoms with Gasteiger partial charge in [0, 0.05) is 0 Å². The van der Waals surface area contributed by atoms with Gasteiger partial charge in [0.25, 0.3) is 11.8 Å². The summed E-state index contributed by atoms with van der Waals surface area (Å²) in [6.45, 7) is 0. The molecule has 0 atom stereocenters. The fourth-order valence-electron chi connectivity index (χ4n) is 2.03. The van der Waals surface area contributed by atoms with Crippen molar-refractivity contribution in [2.45, 2.75) is 0 Å². The van der Waals surface area contributed by atoms with E-state index in [1.807, 2.05) is 0 Å². The summed E-state index contributed by atoms with van der Waals surface area (Å²) >= 11 is 5.61. The van der Waals surface area contributed by atoms with Gasteiger partial charge in [0.1, 0.15) is 11.5 Å². The Hall–Kier alpha value is -3.52. The summed E-state index contributed by atoms with van der Waals surface area (Å²) in [7, 11) is 0. The van der Waals surface area contributed by atoms with Crippen LogP contribution in [-0.4, -0.2) is 27.2 Å². The van der Waals surface area contributed by atoms with Crippen LogP contribution in [-0.2, 0) is 0 Å². The van der Waals surface area contributed by atoms with E-state index in [4.69, 9.17) is 16.3 Å². The van der Waals surface area contributed by atoms with Gasteiger partial charge in [0.15, 0.2) is 0 Å². The van der Waals surface area contributed by atoms with E-state index < -0.39 is 11.7 Å². The van der Waals surface area contributed by atoms with Crippen molar-refractivity contribution in [1.29, 1.82) is 0 Å². The predicted octanol–water partition coefficient (Wildman–Crippen LogP) is 3.53. The lowest BCUT2D eigenvalue weighted by Crippen LogP contribution is -2.17. The number of phenolic OH excluding ortho intramolecular Hbond substituents is 1. The Labute approximate surface area is 158 Å². The van der Waals surface area contributed by atoms with E-state index >= 15 is 0 Å². The highest BCUT2D eigenvalue weighted by atomic mass is 35.5. The summed E-state index contributed by atoms with van der Waals surface area (Å²) in [6.07, 6.45) is 2.32. The van der Waals surface area contributed by atoms with Crippen LogP contribution in [0.1, 0.15) is 15.9 Å². The Balaban J connectivity index is 1.62. The van der Waals surface area contributed by atoms with Crippen LogP contribution in [0, 0.1) is 5.82 Å². The van der Waals surface area contributed by atoms with Crippen LogP contribution in [0.25, 0.3) is 0 Å². The molecule has 7 nitrogen and oxygen atoms in total. The van der Waals surface area contributed by atoms with Crippen LogP contribution in [0.4, 0.5) is 4.39 Å². The maximum absolute atomic E-state index is 13.6. The molecule has 136 valence electrons. The number of para-hydroxylation sites is 1. The molecular weight excluding hydrogens is 375 g/mol. The SMILES string of the molecule is O=C(N/N=C/c1ccc(Oc2nc(Cl)ncc2F)cc1)c1ccccc1O. The topological polar surface area (TPSA) is 96.7 Å². The largest absolute Gasteiger partial charge is 0.507 e. The number of nitrogens with one attached hydrogen (secondary N) is 1. The number of aromatic hydroxyl groups is 1. The number of nitrogens with zero attached hydrogens (tertiary/aromatic N) is 3. The van der Waals surface area contributed by atoms with Crippen LogP contribution < -0.4 is 10.2 Å². The Morgan fingerprint density at radius 1 is 1.22 bits per heavy atom. The van der Waals surface area contributed by atoms with Crippen molar-refractivity contribution in [3.05, 3.63) is 77.0 Å². The van der Waals surface area contributed by atoms with Gasteiger partial charge in [-0.3, -0.25) is 4.79 Å². The Morgan fingerprint density at radius 2 is 1.96 bits per heavy atom. The zero-order valence-electron chi connectivity index (χ0n) is 13.6. The Morgan fingerprint density at radius 3 is 2.70 bits per heavy atom. The first-order valence-corrected chi connectivity index (χ1v) is 7.98. The molecule has 0 spiro atoms. The van der Waals surface area contributed by atoms with E-state index in [0.29, 0.717) is 11.3 Å². The smallest absolute Gasteiger partial charge is 0.275 e. The first kappa shape index (κ1) is 18.3. The number of hydrogen-bond donors (Lipinski definition) is 2. The Kier molecular flexibility index (Phi) is 5.58. The molecule has 0 unspecified atom stereocenters. The summed E-state index contributed by atoms with van der Waals surface area (Å²) in [4.78, 5) is 19.1. The normalized spacial score (nSPS) is 10.7. The number of aromatic nitrogens is 2. The van der Waals surface area contributed by atoms with Gasteiger partial charge in [-0.2, -0.15) is 14.5 Å². The van der Waals surface area contributed by atoms with Crippen molar-refractivity contribution < 1.29 is 19.0 Å². The van der Waals surface area contributed by atoms with Crippen molar-refractivity contribution in [1.82, 2.24) is 15.4 Å². The van der Waals surface area contributed by atoms with Crippen LogP contribution in [0.15, 0.2) is 59.8 Å². The quantitative estimate of drug-likeness (QED) is 0.397. The van der Waals surface area contributed by atoms with Crippen molar-refractivity contribution in [3.63, 3.8) is 0 Å². The Bertz CT molecular complexity index is 996. The van der Waals surface area contributed by atoms with E-state index in [0.717, 1.165) is 6.20 Å². The number of ether oxygens (including phenoxy) is 1. The predicted molar refractivity (Wildman–Crippen MR) is 96.7 cm³/mol. The zero-order chi connectivity index (χ0) is 19.2. The number of carbonyl (C=O) groups is 1. The number of hydrazone groups is 1. The third-order valence-electron chi connectivity index (χ3n) is 3.31. The molecule has 2 N–H and O–H groups in total. The molecule has 1 amide bonds. The van der Waals surface area contributed by atoms with Crippen molar-refractivity contribution in [3.8, 4) is 17.4 Å². The highest BCUT2D eigenvalue weighted by Crippen LogP contribution is 2.23. The summed E-state index contributed by atoms with van der Waals surface area (Å²) < 4.78 is 18.9. The minimum absolute atomic E-state index is 0.115. The first-order chi connectivity index (χ1) is 13.0. The average molecular weight is 387 g/mol. The first-order valence-electron chi connectivity index (χ1n) is 7.60. The number of rotatable bonds is 5. The molecule has 3 aromatic rings. The minimum atomic E-state index is -0.739. The monoisotopic (exact) mass is 386 g/mol. The average Bonchev–Trinajstić information content (AvgIpc) is 2.66. The van der Waals surface area contributed by atoms with Crippen molar-refractivity contribution >= 4 is 23.7 Å². The molecule has 3 rings (SSSR count). The highest BCUT2D eigenvalue weighted by Gasteiger charge is 2.09. The van der Waals surface area contributed by atoms with Crippen LogP contribution in [0.2, 0.25) is 5.28 Å². The van der Waals surface area contributed by atoms with Gasteiger partial charge in [0.2, 0.25) is 11.1 Å². The molecule has 2 aromatic carbocycles. The maximum atomic E-state index is 13.6. The third kappa shape index (κ3) is 4.77. The summed E-state index contributed by atoms with van der Waals surface area (Å²) in [5.41, 5.74) is 3.08. The maximum Gasteiger partial charge on any atom is 0.275 e. The molecule has 1 aromatic heterocycles. The fraction of sp³-hybridized carbons (Fsp3) is 0. The molecule has 0 aliphatic heterocycles. The molecule has 0 bridgehead atoms. The minimum Gasteiger partial charge on any atom is -0.507 e. The number of halogens is 2. The number of phenols is 1. The zero-order valence-corrected chi connectivity index (χ0v) is 14.4. The van der Waals surface area contributed by atoms with Crippen molar-refractivity contribution in [2.24, 2.45) is 5.10 Å². The molecule has 0 radical (unpaired) electrons. The molecule has 0 fully saturated rings. The van der Waals surface area contributed by atoms with Gasteiger partial charge in [-0.15, -0.1) is 0 Å². The number of amides is 1. The summed E-state index contributed by atoms with van der Waals surface area (Å²) in [6, 6.07) is 12.6. The van der Waals surface area contributed by atoms with E-state index in [2.05, 4.69) is 20.5 Å². The van der Waals surface area contributed by atoms with Crippen LogP contribution >= 0.6 is 11.6 Å². The molecule has 9 heteroatoms. The van der Waals surface area contributed by atoms with E-state index in [1.165, 1.54) is 18.3 Å². The van der Waals surface area contributed by atoms with Crippen molar-refractivity contribution in [2.75, 3.05) is 0 Å². The molecule has 0 aliphatic rings. The summed E-state index contributed by atoms with van der Waals surface area (Å²) in [5, 5.41) is 13.3. The number of carbonyl (C=O) groups excluding carboxylic acids is 1. The molecule has 0 saturated heterocycles. The lowest BCUT2D eigenvalue weighted by molar-refractivity contribution is 0.0952. The van der Waals surface area contributed by atoms with Gasteiger partial charge in [-0.25, -0.2) is 10.4 Å². The van der Waals surface area contributed by atoms with Crippen LogP contribution in [0.3, 0.4) is 0 Å². The second-order valence-corrected chi connectivity index (χ2v) is 5.52. The fourth-order valence-corrected chi connectivity index (χ4v) is 2.15. The van der Waals surface area contributed by atoms with E-state index in [-0.39, 0.29) is 22.5 Å². The highest BCUT2D eigenvalue weighted by molar-refractivity contribution is 6.28. The van der Waals surface area contributed by atoms with E-state index in [9.17, 15) is 14.3 Å². The standard InChI is InChI=1S/C18H12ClFN4O3/c19-18-21-10-14(20)17(23-18)27-12-7-5-11(6-8-12)9-22-24-16(26)13-3-1-2-4-15(13)25/h1-10,25H,(H,24,26)/b22-9+. The lowest BCUT2D eigenvalue weighted by atomic mass is 10.2. The molecule has 27 heavy (non-hydrogen) atoms. The van der Waals surface area contributed by atoms with Gasteiger partial charge in [-0.1, -0.05) is 12.1 Å². The van der Waals surface area contributed by atoms with Crippen LogP contribution in [0.5, 0.6) is 17.4 Å².